The lowest BCUT2D eigenvalue weighted by Gasteiger charge is -2.22. The monoisotopic (exact) mass is 325 g/mol. The van der Waals surface area contributed by atoms with E-state index >= 15 is 0 Å². The molecule has 1 saturated carbocycles. The van der Waals surface area contributed by atoms with Crippen molar-refractivity contribution in [2.24, 2.45) is 11.1 Å². The zero-order valence-corrected chi connectivity index (χ0v) is 13.9. The van der Waals surface area contributed by atoms with E-state index in [4.69, 9.17) is 4.84 Å². The van der Waals surface area contributed by atoms with Crippen LogP contribution >= 0.6 is 0 Å². The van der Waals surface area contributed by atoms with Gasteiger partial charge in [0.2, 0.25) is 0 Å². The molecule has 1 aromatic carbocycles. The fraction of sp³-hybridized carbons (Fsp3) is 0.368. The number of hydrogen-bond acceptors (Lipinski definition) is 3. The smallest absolute Gasteiger partial charge is 0.365 e. The summed E-state index contributed by atoms with van der Waals surface area (Å²) in [4.78, 5) is 20.3. The Bertz CT molecular complexity index is 707. The summed E-state index contributed by atoms with van der Waals surface area (Å²) in [6, 6.07) is 11.7. The summed E-state index contributed by atoms with van der Waals surface area (Å²) in [6.45, 7) is 1.98. The molecule has 1 aromatic heterocycles. The number of rotatable bonds is 4. The Balaban J connectivity index is 1.59. The highest BCUT2D eigenvalue weighted by Gasteiger charge is 2.22. The van der Waals surface area contributed by atoms with Gasteiger partial charge in [0, 0.05) is 23.5 Å². The van der Waals surface area contributed by atoms with Crippen LogP contribution in [0, 0.1) is 12.8 Å². The molecule has 1 amide bonds. The van der Waals surface area contributed by atoms with Crippen LogP contribution in [0.25, 0.3) is 0 Å². The second-order valence-corrected chi connectivity index (χ2v) is 6.30. The van der Waals surface area contributed by atoms with Crippen molar-refractivity contribution in [3.8, 4) is 0 Å². The van der Waals surface area contributed by atoms with Gasteiger partial charge in [-0.2, -0.15) is 0 Å². The Labute approximate surface area is 142 Å². The maximum Gasteiger partial charge on any atom is 0.437 e. The van der Waals surface area contributed by atoms with Crippen LogP contribution in [0.5, 0.6) is 0 Å². The maximum absolute atomic E-state index is 11.9. The summed E-state index contributed by atoms with van der Waals surface area (Å²) in [7, 11) is 0. The van der Waals surface area contributed by atoms with Gasteiger partial charge in [-0.15, -0.1) is 0 Å². The number of benzene rings is 1. The van der Waals surface area contributed by atoms with E-state index in [1.165, 1.54) is 12.1 Å². The van der Waals surface area contributed by atoms with Crippen LogP contribution in [0.1, 0.15) is 36.9 Å². The van der Waals surface area contributed by atoms with Crippen molar-refractivity contribution < 1.29 is 9.63 Å². The molecule has 0 radical (unpaired) electrons. The first-order valence-corrected chi connectivity index (χ1v) is 8.44. The van der Waals surface area contributed by atoms with Gasteiger partial charge in [0.25, 0.3) is 0 Å². The van der Waals surface area contributed by atoms with Gasteiger partial charge in [-0.3, -0.25) is 10.2 Å². The predicted molar refractivity (Wildman–Crippen MR) is 95.2 cm³/mol. The summed E-state index contributed by atoms with van der Waals surface area (Å²) in [5, 5.41) is 6.86. The van der Waals surface area contributed by atoms with E-state index in [1.807, 2.05) is 43.5 Å². The van der Waals surface area contributed by atoms with Crippen LogP contribution in [-0.4, -0.2) is 16.8 Å². The van der Waals surface area contributed by atoms with E-state index < -0.39 is 6.09 Å². The highest BCUT2D eigenvalue weighted by Crippen LogP contribution is 2.25. The molecule has 5 nitrogen and oxygen atoms in total. The summed E-state index contributed by atoms with van der Waals surface area (Å²) in [5.41, 5.74) is 3.97. The molecular weight excluding hydrogens is 302 g/mol. The lowest BCUT2D eigenvalue weighted by Crippen LogP contribution is -2.23. The third-order valence-corrected chi connectivity index (χ3v) is 4.35. The molecule has 1 aliphatic carbocycles. The van der Waals surface area contributed by atoms with Gasteiger partial charge < -0.3 is 4.98 Å². The quantitative estimate of drug-likeness (QED) is 0.634. The summed E-state index contributed by atoms with van der Waals surface area (Å²) in [6.07, 6.45) is 6.57. The maximum atomic E-state index is 11.9. The molecule has 0 bridgehead atoms. The number of nitrogens with one attached hydrogen (secondary N) is 2. The Morgan fingerprint density at radius 1 is 1.33 bits per heavy atom. The second-order valence-electron chi connectivity index (χ2n) is 6.30. The molecule has 0 aliphatic heterocycles. The molecule has 5 heteroatoms. The largest absolute Gasteiger partial charge is 0.437 e. The number of carbonyl (C=O) groups excluding carboxylic acids is 1. The average Bonchev–Trinajstić information content (AvgIpc) is 3.07. The molecule has 1 atom stereocenters. The van der Waals surface area contributed by atoms with Gasteiger partial charge in [-0.05, 0) is 62.4 Å². The third kappa shape index (κ3) is 4.47. The molecule has 1 unspecified atom stereocenters. The van der Waals surface area contributed by atoms with Crippen molar-refractivity contribution in [2.75, 3.05) is 5.32 Å². The number of aryl methyl sites for hydroxylation is 1. The molecule has 1 fully saturated rings. The van der Waals surface area contributed by atoms with Crippen LogP contribution in [0.3, 0.4) is 0 Å². The highest BCUT2D eigenvalue weighted by atomic mass is 16.7. The minimum absolute atomic E-state index is 0.337. The first kappa shape index (κ1) is 16.3. The van der Waals surface area contributed by atoms with Gasteiger partial charge in [0.1, 0.15) is 0 Å². The number of carbonyl (C=O) groups is 1. The lowest BCUT2D eigenvalue weighted by atomic mass is 9.84. The predicted octanol–water partition coefficient (Wildman–Crippen LogP) is 4.66. The van der Waals surface area contributed by atoms with Gasteiger partial charge in [0.15, 0.2) is 0 Å². The molecular formula is C19H23N3O2. The number of amides is 1. The van der Waals surface area contributed by atoms with Crippen molar-refractivity contribution in [3.05, 3.63) is 53.9 Å². The number of oxime groups is 1. The zero-order valence-electron chi connectivity index (χ0n) is 13.9. The van der Waals surface area contributed by atoms with Crippen LogP contribution in [0.15, 0.2) is 47.8 Å². The van der Waals surface area contributed by atoms with Gasteiger partial charge in [0.05, 0.1) is 5.71 Å². The lowest BCUT2D eigenvalue weighted by molar-refractivity contribution is 0.165. The molecule has 2 aromatic rings. The molecule has 24 heavy (non-hydrogen) atoms. The van der Waals surface area contributed by atoms with Crippen LogP contribution in [0.2, 0.25) is 0 Å². The van der Waals surface area contributed by atoms with E-state index in [9.17, 15) is 4.79 Å². The number of H-pyrrole nitrogens is 1. The number of hydrogen-bond donors (Lipinski definition) is 2. The Kier molecular flexibility index (Phi) is 5.31. The number of aromatic nitrogens is 1. The summed E-state index contributed by atoms with van der Waals surface area (Å²) < 4.78 is 0. The second kappa shape index (κ2) is 7.81. The van der Waals surface area contributed by atoms with E-state index in [2.05, 4.69) is 21.5 Å². The molecule has 0 spiro atoms. The first-order chi connectivity index (χ1) is 11.7. The zero-order chi connectivity index (χ0) is 16.8. The minimum atomic E-state index is -0.544. The topological polar surface area (TPSA) is 66.5 Å². The number of nitrogens with zero attached hydrogens (tertiary/aromatic N) is 1. The molecule has 126 valence electrons. The van der Waals surface area contributed by atoms with Crippen molar-refractivity contribution >= 4 is 17.5 Å². The van der Waals surface area contributed by atoms with Crippen molar-refractivity contribution in [1.29, 1.82) is 0 Å². The van der Waals surface area contributed by atoms with E-state index in [-0.39, 0.29) is 0 Å². The number of anilines is 1. The van der Waals surface area contributed by atoms with Gasteiger partial charge >= 0.3 is 6.09 Å². The number of aromatic amines is 1. The molecule has 2 N–H and O–H groups in total. The molecule has 0 saturated heterocycles. The van der Waals surface area contributed by atoms with E-state index in [1.54, 1.807) is 0 Å². The van der Waals surface area contributed by atoms with Crippen LogP contribution in [0.4, 0.5) is 10.5 Å². The standard InChI is InChI=1S/C19H23N3O2/c1-14-6-4-8-17(12-14)21-19(23)24-22-18-10-3-2-7-15(18)13-16-9-5-11-20-16/h4-6,8-9,11-12,15,20H,2-3,7,10,13H2,1H3,(H,21,23)/b22-18+. The van der Waals surface area contributed by atoms with Crippen molar-refractivity contribution in [3.63, 3.8) is 0 Å². The Morgan fingerprint density at radius 2 is 2.25 bits per heavy atom. The Morgan fingerprint density at radius 3 is 3.04 bits per heavy atom. The fourth-order valence-corrected chi connectivity index (χ4v) is 3.13. The van der Waals surface area contributed by atoms with Crippen LogP contribution < -0.4 is 5.32 Å². The Hall–Kier alpha value is -2.56. The fourth-order valence-electron chi connectivity index (χ4n) is 3.13. The molecule has 1 heterocycles. The third-order valence-electron chi connectivity index (χ3n) is 4.35. The summed E-state index contributed by atoms with van der Waals surface area (Å²) >= 11 is 0. The highest BCUT2D eigenvalue weighted by molar-refractivity contribution is 5.89. The first-order valence-electron chi connectivity index (χ1n) is 8.44. The SMILES string of the molecule is Cc1cccc(NC(=O)O/N=C2\CCCCC2Cc2ccc[nH]2)c1. The molecule has 3 rings (SSSR count). The van der Waals surface area contributed by atoms with Gasteiger partial charge in [-0.25, -0.2) is 4.79 Å². The molecule has 1 aliphatic rings. The van der Waals surface area contributed by atoms with E-state index in [0.717, 1.165) is 37.0 Å². The normalized spacial score (nSPS) is 19.2. The van der Waals surface area contributed by atoms with Crippen LogP contribution in [-0.2, 0) is 11.3 Å². The minimum Gasteiger partial charge on any atom is -0.365 e. The van der Waals surface area contributed by atoms with Crippen molar-refractivity contribution in [2.45, 2.75) is 39.0 Å². The van der Waals surface area contributed by atoms with E-state index in [0.29, 0.717) is 11.6 Å². The average molecular weight is 325 g/mol. The summed E-state index contributed by atoms with van der Waals surface area (Å²) in [5.74, 6) is 0.337. The van der Waals surface area contributed by atoms with Crippen molar-refractivity contribution in [1.82, 2.24) is 4.98 Å². The van der Waals surface area contributed by atoms with Gasteiger partial charge in [-0.1, -0.05) is 23.7 Å².